The molecule has 3 aromatic carbocycles. The Balaban J connectivity index is 1.63. The second kappa shape index (κ2) is 9.69. The lowest BCUT2D eigenvalue weighted by atomic mass is 9.85. The van der Waals surface area contributed by atoms with Gasteiger partial charge in [0.05, 0.1) is 31.6 Å². The Hall–Kier alpha value is -4.79. The Morgan fingerprint density at radius 2 is 1.84 bits per heavy atom. The van der Waals surface area contributed by atoms with Gasteiger partial charge in [-0.15, -0.1) is 0 Å². The van der Waals surface area contributed by atoms with Crippen LogP contribution in [0.1, 0.15) is 23.5 Å². The first-order valence-corrected chi connectivity index (χ1v) is 11.4. The van der Waals surface area contributed by atoms with Crippen LogP contribution in [0.2, 0.25) is 0 Å². The van der Waals surface area contributed by atoms with Crippen LogP contribution in [0.3, 0.4) is 0 Å². The minimum Gasteiger partial charge on any atom is -0.493 e. The maximum Gasteiger partial charge on any atom is 0.312 e. The Morgan fingerprint density at radius 1 is 1.03 bits per heavy atom. The monoisotopic (exact) mass is 501 g/mol. The standard InChI is InChI=1S/C28H23NO8/c1-33-21-8-6-16(11-23(21)34-2)20-13-36-28-18(27(20)32)7-9-22-26(28)19(12-25(31)37-22)15-4-3-5-17(10-15)35-14-24(29)30/h3-11,13,19H,12,14H2,1-2H3,(H2,29,30)/t19-/m1/s1. The number of nitrogens with two attached hydrogens (primary N) is 1. The van der Waals surface area contributed by atoms with Crippen LogP contribution in [0.4, 0.5) is 0 Å². The van der Waals surface area contributed by atoms with Crippen molar-refractivity contribution in [3.8, 4) is 34.1 Å². The average molecular weight is 501 g/mol. The molecule has 0 radical (unpaired) electrons. The van der Waals surface area contributed by atoms with Crippen LogP contribution in [-0.2, 0) is 9.59 Å². The van der Waals surface area contributed by atoms with Gasteiger partial charge in [-0.3, -0.25) is 14.4 Å². The van der Waals surface area contributed by atoms with Gasteiger partial charge in [-0.05, 0) is 47.5 Å². The van der Waals surface area contributed by atoms with E-state index in [0.29, 0.717) is 50.7 Å². The summed E-state index contributed by atoms with van der Waals surface area (Å²) < 4.78 is 27.6. The zero-order chi connectivity index (χ0) is 26.1. The summed E-state index contributed by atoms with van der Waals surface area (Å²) in [5, 5.41) is 0.343. The van der Waals surface area contributed by atoms with Gasteiger partial charge in [-0.2, -0.15) is 0 Å². The minimum absolute atomic E-state index is 0.0343. The Morgan fingerprint density at radius 3 is 2.59 bits per heavy atom. The quantitative estimate of drug-likeness (QED) is 0.299. The van der Waals surface area contributed by atoms with Gasteiger partial charge >= 0.3 is 5.97 Å². The molecule has 1 aromatic heterocycles. The number of hydrogen-bond acceptors (Lipinski definition) is 8. The first-order chi connectivity index (χ1) is 17.9. The van der Waals surface area contributed by atoms with E-state index in [9.17, 15) is 14.4 Å². The highest BCUT2D eigenvalue weighted by Crippen LogP contribution is 2.43. The summed E-state index contributed by atoms with van der Waals surface area (Å²) in [6.45, 7) is -0.274. The van der Waals surface area contributed by atoms with Crippen molar-refractivity contribution in [2.45, 2.75) is 12.3 Å². The Bertz CT molecular complexity index is 1590. The SMILES string of the molecule is COc1ccc(-c2coc3c4c(ccc3c2=O)OC(=O)C[C@@H]4c2cccc(OCC(N)=O)c2)cc1OC. The molecular formula is C28H23NO8. The van der Waals surface area contributed by atoms with Crippen molar-refractivity contribution in [1.82, 2.24) is 0 Å². The van der Waals surface area contributed by atoms with Gasteiger partial charge in [0.1, 0.15) is 23.3 Å². The van der Waals surface area contributed by atoms with E-state index in [-0.39, 0.29) is 18.5 Å². The number of benzene rings is 3. The number of amides is 1. The van der Waals surface area contributed by atoms with Crippen LogP contribution >= 0.6 is 0 Å². The van der Waals surface area contributed by atoms with E-state index in [1.165, 1.54) is 20.5 Å². The molecule has 2 N–H and O–H groups in total. The molecule has 1 aliphatic heterocycles. The molecule has 0 unspecified atom stereocenters. The maximum atomic E-state index is 13.6. The number of rotatable bonds is 7. The van der Waals surface area contributed by atoms with Gasteiger partial charge in [0, 0.05) is 11.5 Å². The summed E-state index contributed by atoms with van der Waals surface area (Å²) in [7, 11) is 3.06. The van der Waals surface area contributed by atoms with E-state index < -0.39 is 17.8 Å². The minimum atomic E-state index is -0.602. The second-order valence-corrected chi connectivity index (χ2v) is 8.46. The molecule has 0 bridgehead atoms. The number of carbonyl (C=O) groups is 2. The first-order valence-electron chi connectivity index (χ1n) is 11.4. The lowest BCUT2D eigenvalue weighted by Gasteiger charge is -2.25. The number of hydrogen-bond donors (Lipinski definition) is 1. The number of fused-ring (bicyclic) bond motifs is 3. The molecule has 0 saturated carbocycles. The van der Waals surface area contributed by atoms with Crippen molar-refractivity contribution in [2.24, 2.45) is 5.73 Å². The van der Waals surface area contributed by atoms with Gasteiger partial charge in [0.15, 0.2) is 18.1 Å². The third kappa shape index (κ3) is 4.47. The molecule has 1 atom stereocenters. The van der Waals surface area contributed by atoms with E-state index in [1.54, 1.807) is 48.5 Å². The van der Waals surface area contributed by atoms with Gasteiger partial charge in [-0.25, -0.2) is 0 Å². The Kier molecular flexibility index (Phi) is 6.27. The van der Waals surface area contributed by atoms with Crippen LogP contribution < -0.4 is 30.1 Å². The van der Waals surface area contributed by atoms with Crippen molar-refractivity contribution < 1.29 is 33.0 Å². The number of methoxy groups -OCH3 is 2. The summed E-state index contributed by atoms with van der Waals surface area (Å²) >= 11 is 0. The number of primary amides is 1. The molecule has 37 heavy (non-hydrogen) atoms. The van der Waals surface area contributed by atoms with Crippen LogP contribution in [0.15, 0.2) is 70.1 Å². The predicted molar refractivity (Wildman–Crippen MR) is 134 cm³/mol. The molecule has 2 heterocycles. The van der Waals surface area contributed by atoms with Crippen molar-refractivity contribution in [3.05, 3.63) is 82.2 Å². The average Bonchev–Trinajstić information content (AvgIpc) is 2.91. The topological polar surface area (TPSA) is 127 Å². The largest absolute Gasteiger partial charge is 0.493 e. The summed E-state index contributed by atoms with van der Waals surface area (Å²) in [5.41, 5.74) is 7.54. The smallest absolute Gasteiger partial charge is 0.312 e. The molecular weight excluding hydrogens is 478 g/mol. The number of ether oxygens (including phenoxy) is 4. The molecule has 1 amide bonds. The molecule has 0 spiro atoms. The van der Waals surface area contributed by atoms with E-state index in [1.807, 2.05) is 6.07 Å². The molecule has 5 rings (SSSR count). The van der Waals surface area contributed by atoms with Crippen LogP contribution in [0.25, 0.3) is 22.1 Å². The lowest BCUT2D eigenvalue weighted by Crippen LogP contribution is -2.22. The Labute approximate surface area is 211 Å². The summed E-state index contributed by atoms with van der Waals surface area (Å²) in [6, 6.07) is 15.4. The van der Waals surface area contributed by atoms with Crippen molar-refractivity contribution >= 4 is 22.8 Å². The van der Waals surface area contributed by atoms with Crippen LogP contribution in [0, 0.1) is 0 Å². The van der Waals surface area contributed by atoms with E-state index in [2.05, 4.69) is 0 Å². The predicted octanol–water partition coefficient (Wildman–Crippen LogP) is 3.78. The third-order valence-corrected chi connectivity index (χ3v) is 6.22. The van der Waals surface area contributed by atoms with E-state index in [0.717, 1.165) is 5.56 Å². The fourth-order valence-electron chi connectivity index (χ4n) is 4.52. The van der Waals surface area contributed by atoms with Crippen LogP contribution in [0.5, 0.6) is 23.0 Å². The molecule has 4 aromatic rings. The van der Waals surface area contributed by atoms with E-state index >= 15 is 0 Å². The highest BCUT2D eigenvalue weighted by Gasteiger charge is 2.32. The summed E-state index contributed by atoms with van der Waals surface area (Å²) in [6.07, 6.45) is 1.43. The summed E-state index contributed by atoms with van der Waals surface area (Å²) in [5.74, 6) is 0.285. The molecule has 0 fully saturated rings. The summed E-state index contributed by atoms with van der Waals surface area (Å²) in [4.78, 5) is 37.1. The van der Waals surface area contributed by atoms with E-state index in [4.69, 9.17) is 29.1 Å². The van der Waals surface area contributed by atoms with Gasteiger partial charge < -0.3 is 29.1 Å². The van der Waals surface area contributed by atoms with Crippen molar-refractivity contribution in [2.75, 3.05) is 20.8 Å². The molecule has 0 aliphatic carbocycles. The van der Waals surface area contributed by atoms with Crippen molar-refractivity contribution in [3.63, 3.8) is 0 Å². The highest BCUT2D eigenvalue weighted by molar-refractivity contribution is 5.90. The molecule has 9 heteroatoms. The van der Waals surface area contributed by atoms with Gasteiger partial charge in [-0.1, -0.05) is 18.2 Å². The van der Waals surface area contributed by atoms with Crippen LogP contribution in [-0.4, -0.2) is 32.7 Å². The highest BCUT2D eigenvalue weighted by atomic mass is 16.5. The zero-order valence-corrected chi connectivity index (χ0v) is 20.1. The normalized spacial score (nSPS) is 14.5. The first kappa shape index (κ1) is 23.9. The fourth-order valence-corrected chi connectivity index (χ4v) is 4.52. The molecule has 9 nitrogen and oxygen atoms in total. The number of esters is 1. The lowest BCUT2D eigenvalue weighted by molar-refractivity contribution is -0.135. The molecule has 0 saturated heterocycles. The molecule has 1 aliphatic rings. The van der Waals surface area contributed by atoms with Gasteiger partial charge in [0.25, 0.3) is 5.91 Å². The second-order valence-electron chi connectivity index (χ2n) is 8.46. The maximum absolute atomic E-state index is 13.6. The molecule has 188 valence electrons. The third-order valence-electron chi connectivity index (χ3n) is 6.22. The zero-order valence-electron chi connectivity index (χ0n) is 20.1. The van der Waals surface area contributed by atoms with Gasteiger partial charge in [0.2, 0.25) is 5.43 Å². The van der Waals surface area contributed by atoms with Crippen molar-refractivity contribution in [1.29, 1.82) is 0 Å². The fraction of sp³-hybridized carbons (Fsp3) is 0.179. The number of carbonyl (C=O) groups excluding carboxylic acids is 2.